The van der Waals surface area contributed by atoms with Gasteiger partial charge >= 0.3 is 0 Å². The zero-order valence-corrected chi connectivity index (χ0v) is 15.7. The number of rotatable bonds is 6. The van der Waals surface area contributed by atoms with E-state index in [1.54, 1.807) is 24.3 Å². The van der Waals surface area contributed by atoms with Crippen LogP contribution in [0.25, 0.3) is 0 Å². The normalized spacial score (nSPS) is 24.6. The molecule has 1 unspecified atom stereocenters. The van der Waals surface area contributed by atoms with Gasteiger partial charge < -0.3 is 20.5 Å². The largest absolute Gasteiger partial charge is 0.484 e. The zero-order valence-electron chi connectivity index (χ0n) is 14.1. The van der Waals surface area contributed by atoms with Gasteiger partial charge in [0, 0.05) is 11.1 Å². The minimum absolute atomic E-state index is 0. The topological polar surface area (TPSA) is 70.6 Å². The number of carbonyl (C=O) groups is 1. The highest BCUT2D eigenvalue weighted by Gasteiger charge is 2.39. The lowest BCUT2D eigenvalue weighted by atomic mass is 9.71. The lowest BCUT2D eigenvalue weighted by Gasteiger charge is -2.43. The molecule has 140 valence electrons. The molecule has 0 radical (unpaired) electrons. The molecule has 1 aromatic rings. The van der Waals surface area contributed by atoms with Crippen LogP contribution in [0.4, 0.5) is 0 Å². The molecule has 1 aromatic carbocycles. The summed E-state index contributed by atoms with van der Waals surface area (Å²) in [6.45, 7) is 1.97. The lowest BCUT2D eigenvalue weighted by Crippen LogP contribution is -2.53. The number of amides is 1. The van der Waals surface area contributed by atoms with Crippen molar-refractivity contribution in [3.63, 3.8) is 0 Å². The van der Waals surface area contributed by atoms with Gasteiger partial charge in [0.25, 0.3) is 5.91 Å². The van der Waals surface area contributed by atoms with E-state index in [-0.39, 0.29) is 37.1 Å². The average Bonchev–Trinajstić information content (AvgIpc) is 2.56. The van der Waals surface area contributed by atoms with E-state index in [4.69, 9.17) is 16.3 Å². The van der Waals surface area contributed by atoms with Crippen LogP contribution in [-0.2, 0) is 4.79 Å². The van der Waals surface area contributed by atoms with E-state index in [0.29, 0.717) is 22.6 Å². The Kier molecular flexibility index (Phi) is 7.81. The van der Waals surface area contributed by atoms with E-state index in [1.165, 1.54) is 0 Å². The van der Waals surface area contributed by atoms with Crippen molar-refractivity contribution in [2.45, 2.75) is 37.8 Å². The van der Waals surface area contributed by atoms with Gasteiger partial charge in [0.15, 0.2) is 6.61 Å². The highest BCUT2D eigenvalue weighted by molar-refractivity contribution is 6.30. The summed E-state index contributed by atoms with van der Waals surface area (Å²) in [6, 6.07) is 7.17. The third-order valence-electron chi connectivity index (χ3n) is 5.04. The Morgan fingerprint density at radius 3 is 2.68 bits per heavy atom. The lowest BCUT2D eigenvalue weighted by molar-refractivity contribution is -0.125. The van der Waals surface area contributed by atoms with E-state index >= 15 is 0 Å². The van der Waals surface area contributed by atoms with Crippen LogP contribution in [0.1, 0.15) is 25.7 Å². The molecule has 25 heavy (non-hydrogen) atoms. The summed E-state index contributed by atoms with van der Waals surface area (Å²) >= 11 is 5.92. The van der Waals surface area contributed by atoms with Crippen LogP contribution in [-0.4, -0.2) is 42.9 Å². The number of aliphatic hydroxyl groups excluding tert-OH is 1. The quantitative estimate of drug-likeness (QED) is 0.699. The van der Waals surface area contributed by atoms with Crippen molar-refractivity contribution < 1.29 is 14.6 Å². The second-order valence-electron chi connectivity index (χ2n) is 6.81. The third-order valence-corrected chi connectivity index (χ3v) is 5.28. The first-order valence-electron chi connectivity index (χ1n) is 8.68. The average molecular weight is 389 g/mol. The Balaban J connectivity index is 0.00000225. The molecular formula is C18H26Cl2N2O3. The Labute approximate surface area is 159 Å². The van der Waals surface area contributed by atoms with Gasteiger partial charge in [-0.25, -0.2) is 0 Å². The summed E-state index contributed by atoms with van der Waals surface area (Å²) in [4.78, 5) is 12.3. The molecule has 1 saturated heterocycles. The van der Waals surface area contributed by atoms with Gasteiger partial charge in [-0.15, -0.1) is 12.4 Å². The van der Waals surface area contributed by atoms with Crippen LogP contribution in [0.5, 0.6) is 5.75 Å². The fourth-order valence-corrected chi connectivity index (χ4v) is 3.86. The molecule has 0 aromatic heterocycles. The van der Waals surface area contributed by atoms with Crippen LogP contribution >= 0.6 is 24.0 Å². The molecule has 1 amide bonds. The van der Waals surface area contributed by atoms with Crippen molar-refractivity contribution in [2.75, 3.05) is 19.7 Å². The summed E-state index contributed by atoms with van der Waals surface area (Å²) < 4.78 is 5.53. The second-order valence-corrected chi connectivity index (χ2v) is 7.25. The fraction of sp³-hybridized carbons (Fsp3) is 0.611. The van der Waals surface area contributed by atoms with Gasteiger partial charge in [-0.05, 0) is 68.8 Å². The molecule has 0 bridgehead atoms. The monoisotopic (exact) mass is 388 g/mol. The van der Waals surface area contributed by atoms with Crippen molar-refractivity contribution >= 4 is 29.9 Å². The summed E-state index contributed by atoms with van der Waals surface area (Å²) in [5.41, 5.74) is 0. The molecule has 1 aliphatic carbocycles. The molecule has 3 rings (SSSR count). The first-order valence-corrected chi connectivity index (χ1v) is 9.06. The van der Waals surface area contributed by atoms with Crippen molar-refractivity contribution in [3.05, 3.63) is 29.3 Å². The molecular weight excluding hydrogens is 363 g/mol. The van der Waals surface area contributed by atoms with Gasteiger partial charge in [-0.3, -0.25) is 4.79 Å². The van der Waals surface area contributed by atoms with Crippen molar-refractivity contribution in [2.24, 2.45) is 11.8 Å². The molecule has 7 heteroatoms. The molecule has 2 aliphatic rings. The SMILES string of the molecule is Cl.O=C(COc1cccc(Cl)c1)NC(C1CCNCC1)C1CC(O)C1. The Morgan fingerprint density at radius 2 is 2.04 bits per heavy atom. The van der Waals surface area contributed by atoms with Gasteiger partial charge in [-0.2, -0.15) is 0 Å². The fourth-order valence-electron chi connectivity index (χ4n) is 3.68. The number of halogens is 2. The van der Waals surface area contributed by atoms with E-state index in [2.05, 4.69) is 10.6 Å². The number of piperidine rings is 1. The van der Waals surface area contributed by atoms with Crippen molar-refractivity contribution in [1.29, 1.82) is 0 Å². The number of carbonyl (C=O) groups excluding carboxylic acids is 1. The van der Waals surface area contributed by atoms with Crippen LogP contribution in [0.15, 0.2) is 24.3 Å². The molecule has 5 nitrogen and oxygen atoms in total. The summed E-state index contributed by atoms with van der Waals surface area (Å²) in [6.07, 6.45) is 3.48. The summed E-state index contributed by atoms with van der Waals surface area (Å²) in [5.74, 6) is 1.33. The van der Waals surface area contributed by atoms with Crippen LogP contribution in [0, 0.1) is 11.8 Å². The predicted octanol–water partition coefficient (Wildman–Crippen LogP) is 2.40. The van der Waals surface area contributed by atoms with Gasteiger partial charge in [0.2, 0.25) is 0 Å². The number of aliphatic hydroxyl groups is 1. The van der Waals surface area contributed by atoms with Gasteiger partial charge in [0.1, 0.15) is 5.75 Å². The van der Waals surface area contributed by atoms with E-state index in [1.807, 2.05) is 0 Å². The maximum atomic E-state index is 12.3. The maximum Gasteiger partial charge on any atom is 0.258 e. The maximum absolute atomic E-state index is 12.3. The van der Waals surface area contributed by atoms with Crippen LogP contribution < -0.4 is 15.4 Å². The highest BCUT2D eigenvalue weighted by atomic mass is 35.5. The van der Waals surface area contributed by atoms with Crippen molar-refractivity contribution in [1.82, 2.24) is 10.6 Å². The second kappa shape index (κ2) is 9.62. The Bertz CT molecular complexity index is 561. The number of benzene rings is 1. The first-order chi connectivity index (χ1) is 11.6. The number of hydrogen-bond acceptors (Lipinski definition) is 4. The minimum Gasteiger partial charge on any atom is -0.484 e. The Morgan fingerprint density at radius 1 is 1.32 bits per heavy atom. The smallest absolute Gasteiger partial charge is 0.258 e. The van der Waals surface area contributed by atoms with E-state index < -0.39 is 0 Å². The van der Waals surface area contributed by atoms with E-state index in [9.17, 15) is 9.90 Å². The number of nitrogens with one attached hydrogen (secondary N) is 2. The van der Waals surface area contributed by atoms with Crippen LogP contribution in [0.2, 0.25) is 5.02 Å². The zero-order chi connectivity index (χ0) is 16.9. The number of hydrogen-bond donors (Lipinski definition) is 3. The summed E-state index contributed by atoms with van der Waals surface area (Å²) in [5, 5.41) is 16.7. The van der Waals surface area contributed by atoms with Crippen molar-refractivity contribution in [3.8, 4) is 5.75 Å². The third kappa shape index (κ3) is 5.74. The predicted molar refractivity (Wildman–Crippen MR) is 100 cm³/mol. The Hall–Kier alpha value is -1.01. The molecule has 1 aliphatic heterocycles. The number of ether oxygens (including phenoxy) is 1. The molecule has 0 spiro atoms. The van der Waals surface area contributed by atoms with Gasteiger partial charge in [0.05, 0.1) is 6.10 Å². The van der Waals surface area contributed by atoms with E-state index in [0.717, 1.165) is 38.8 Å². The van der Waals surface area contributed by atoms with Gasteiger partial charge in [-0.1, -0.05) is 17.7 Å². The molecule has 1 heterocycles. The molecule has 1 atom stereocenters. The molecule has 3 N–H and O–H groups in total. The summed E-state index contributed by atoms with van der Waals surface area (Å²) in [7, 11) is 0. The van der Waals surface area contributed by atoms with Crippen LogP contribution in [0.3, 0.4) is 0 Å². The minimum atomic E-state index is -0.209. The first kappa shape index (κ1) is 20.3. The molecule has 1 saturated carbocycles. The highest BCUT2D eigenvalue weighted by Crippen LogP contribution is 2.35. The standard InChI is InChI=1S/C18H25ClN2O3.ClH/c19-14-2-1-3-16(10-14)24-11-17(23)21-18(13-8-15(22)9-13)12-4-6-20-7-5-12;/h1-3,10,12-13,15,18,20,22H,4-9,11H2,(H,21,23);1H. The molecule has 2 fully saturated rings.